The summed E-state index contributed by atoms with van der Waals surface area (Å²) in [7, 11) is 0. The number of benzene rings is 3. The van der Waals surface area contributed by atoms with Crippen molar-refractivity contribution in [3.05, 3.63) is 70.7 Å². The summed E-state index contributed by atoms with van der Waals surface area (Å²) < 4.78 is 5.68. The number of hydrogen-bond donors (Lipinski definition) is 0. The van der Waals surface area contributed by atoms with Gasteiger partial charge in [0.25, 0.3) is 0 Å². The molecule has 0 aliphatic heterocycles. The lowest BCUT2D eigenvalue weighted by Crippen LogP contribution is -1.98. The summed E-state index contributed by atoms with van der Waals surface area (Å²) in [6, 6.07) is 17.7. The Morgan fingerprint density at radius 3 is 2.79 bits per heavy atom. The van der Waals surface area contributed by atoms with Gasteiger partial charge in [-0.25, -0.2) is 0 Å². The van der Waals surface area contributed by atoms with Gasteiger partial charge in [0.1, 0.15) is 12.4 Å². The lowest BCUT2D eigenvalue weighted by Gasteiger charge is -2.10. The van der Waals surface area contributed by atoms with Crippen LogP contribution in [0.1, 0.15) is 11.1 Å². The molecule has 3 heteroatoms. The van der Waals surface area contributed by atoms with Crippen LogP contribution >= 0.6 is 11.6 Å². The molecule has 3 rings (SSSR count). The third-order valence-corrected chi connectivity index (χ3v) is 4.22. The molecule has 118 valence electrons. The molecule has 0 radical (unpaired) electrons. The SMILES string of the molecule is C#CCOc1ccc2ccccc2c1C=Nc1cccc(Cl)c1C. The Labute approximate surface area is 146 Å². The standard InChI is InChI=1S/C21H16ClNO/c1-3-13-24-21-12-11-16-7-4-5-8-17(16)18(21)14-23-20-10-6-9-19(22)15(20)2/h1,4-12,14H,13H2,2H3. The monoisotopic (exact) mass is 333 g/mol. The predicted octanol–water partition coefficient (Wildman–Crippen LogP) is 5.56. The maximum absolute atomic E-state index is 6.17. The quantitative estimate of drug-likeness (QED) is 0.452. The molecular formula is C21H16ClNO. The Kier molecular flexibility index (Phi) is 4.84. The zero-order valence-electron chi connectivity index (χ0n) is 13.3. The van der Waals surface area contributed by atoms with Gasteiger partial charge in [0.05, 0.1) is 5.69 Å². The molecule has 2 nitrogen and oxygen atoms in total. The van der Waals surface area contributed by atoms with E-state index in [1.54, 1.807) is 0 Å². The molecule has 0 atom stereocenters. The van der Waals surface area contributed by atoms with Crippen LogP contribution in [-0.2, 0) is 0 Å². The van der Waals surface area contributed by atoms with Crippen molar-refractivity contribution in [3.8, 4) is 18.1 Å². The van der Waals surface area contributed by atoms with Crippen LogP contribution in [0, 0.1) is 19.3 Å². The molecule has 0 aromatic heterocycles. The molecule has 24 heavy (non-hydrogen) atoms. The zero-order chi connectivity index (χ0) is 16.9. The number of halogens is 1. The summed E-state index contributed by atoms with van der Waals surface area (Å²) in [6.45, 7) is 2.17. The summed E-state index contributed by atoms with van der Waals surface area (Å²) in [6.07, 6.45) is 7.13. The summed E-state index contributed by atoms with van der Waals surface area (Å²) in [4.78, 5) is 4.61. The number of rotatable bonds is 4. The maximum atomic E-state index is 6.17. The van der Waals surface area contributed by atoms with Crippen molar-refractivity contribution in [1.29, 1.82) is 0 Å². The van der Waals surface area contributed by atoms with Gasteiger partial charge >= 0.3 is 0 Å². The van der Waals surface area contributed by atoms with Crippen LogP contribution in [0.2, 0.25) is 5.02 Å². The molecule has 3 aromatic rings. The molecule has 0 amide bonds. The zero-order valence-corrected chi connectivity index (χ0v) is 14.0. The van der Waals surface area contributed by atoms with Crippen molar-refractivity contribution in [2.75, 3.05) is 6.61 Å². The van der Waals surface area contributed by atoms with E-state index < -0.39 is 0 Å². The number of fused-ring (bicyclic) bond motifs is 1. The molecule has 0 aliphatic rings. The topological polar surface area (TPSA) is 21.6 Å². The second kappa shape index (κ2) is 7.21. The average molecular weight is 334 g/mol. The number of hydrogen-bond acceptors (Lipinski definition) is 2. The summed E-state index contributed by atoms with van der Waals surface area (Å²) >= 11 is 6.17. The van der Waals surface area contributed by atoms with Gasteiger partial charge in [0, 0.05) is 16.8 Å². The summed E-state index contributed by atoms with van der Waals surface area (Å²) in [5.41, 5.74) is 2.68. The van der Waals surface area contributed by atoms with Gasteiger partial charge in [0.2, 0.25) is 0 Å². The highest BCUT2D eigenvalue weighted by molar-refractivity contribution is 6.31. The van der Waals surface area contributed by atoms with Crippen molar-refractivity contribution in [2.24, 2.45) is 4.99 Å². The van der Waals surface area contributed by atoms with Crippen molar-refractivity contribution in [3.63, 3.8) is 0 Å². The Morgan fingerprint density at radius 1 is 1.12 bits per heavy atom. The molecule has 0 heterocycles. The molecule has 0 unspecified atom stereocenters. The van der Waals surface area contributed by atoms with Crippen LogP contribution in [0.5, 0.6) is 5.75 Å². The van der Waals surface area contributed by atoms with E-state index in [1.165, 1.54) is 0 Å². The highest BCUT2D eigenvalue weighted by Crippen LogP contribution is 2.29. The first-order valence-electron chi connectivity index (χ1n) is 7.58. The number of nitrogens with zero attached hydrogens (tertiary/aromatic N) is 1. The van der Waals surface area contributed by atoms with Gasteiger partial charge in [-0.3, -0.25) is 4.99 Å². The third-order valence-electron chi connectivity index (χ3n) is 3.81. The van der Waals surface area contributed by atoms with Crippen molar-refractivity contribution in [1.82, 2.24) is 0 Å². The number of ether oxygens (including phenoxy) is 1. The lowest BCUT2D eigenvalue weighted by molar-refractivity contribution is 0.370. The largest absolute Gasteiger partial charge is 0.480 e. The van der Waals surface area contributed by atoms with Crippen LogP contribution < -0.4 is 4.74 Å². The van der Waals surface area contributed by atoms with E-state index in [0.29, 0.717) is 5.02 Å². The predicted molar refractivity (Wildman–Crippen MR) is 102 cm³/mol. The molecule has 0 saturated carbocycles. The Hall–Kier alpha value is -2.76. The second-order valence-electron chi connectivity index (χ2n) is 5.33. The van der Waals surface area contributed by atoms with E-state index in [1.807, 2.05) is 61.7 Å². The van der Waals surface area contributed by atoms with Crippen molar-refractivity contribution >= 4 is 34.3 Å². The van der Waals surface area contributed by atoms with E-state index >= 15 is 0 Å². The highest BCUT2D eigenvalue weighted by atomic mass is 35.5. The normalized spacial score (nSPS) is 10.9. The first kappa shape index (κ1) is 16.1. The minimum absolute atomic E-state index is 0.218. The van der Waals surface area contributed by atoms with E-state index in [-0.39, 0.29) is 6.61 Å². The molecule has 0 fully saturated rings. The Morgan fingerprint density at radius 2 is 1.96 bits per heavy atom. The maximum Gasteiger partial charge on any atom is 0.148 e. The van der Waals surface area contributed by atoms with E-state index in [2.05, 4.69) is 17.0 Å². The molecule has 0 spiro atoms. The molecule has 0 N–H and O–H groups in total. The van der Waals surface area contributed by atoms with Gasteiger partial charge in [-0.2, -0.15) is 0 Å². The van der Waals surface area contributed by atoms with Crippen LogP contribution in [0.4, 0.5) is 5.69 Å². The molecule has 0 aliphatic carbocycles. The smallest absolute Gasteiger partial charge is 0.148 e. The highest BCUT2D eigenvalue weighted by Gasteiger charge is 2.07. The molecule has 0 bridgehead atoms. The fraction of sp³-hybridized carbons (Fsp3) is 0.0952. The van der Waals surface area contributed by atoms with Gasteiger partial charge in [-0.1, -0.05) is 53.9 Å². The number of terminal acetylenes is 1. The second-order valence-corrected chi connectivity index (χ2v) is 5.74. The van der Waals surface area contributed by atoms with E-state index in [4.69, 9.17) is 22.8 Å². The first-order chi connectivity index (χ1) is 11.7. The van der Waals surface area contributed by atoms with Crippen LogP contribution in [0.3, 0.4) is 0 Å². The van der Waals surface area contributed by atoms with Crippen molar-refractivity contribution in [2.45, 2.75) is 6.92 Å². The van der Waals surface area contributed by atoms with Crippen LogP contribution in [0.15, 0.2) is 59.6 Å². The van der Waals surface area contributed by atoms with Crippen LogP contribution in [0.25, 0.3) is 10.8 Å². The summed E-state index contributed by atoms with van der Waals surface area (Å²) in [5, 5.41) is 2.89. The molecule has 3 aromatic carbocycles. The Bertz CT molecular complexity index is 954. The van der Waals surface area contributed by atoms with E-state index in [9.17, 15) is 0 Å². The average Bonchev–Trinajstić information content (AvgIpc) is 2.61. The fourth-order valence-electron chi connectivity index (χ4n) is 2.52. The van der Waals surface area contributed by atoms with Crippen LogP contribution in [-0.4, -0.2) is 12.8 Å². The van der Waals surface area contributed by atoms with Gasteiger partial charge in [-0.15, -0.1) is 6.42 Å². The first-order valence-corrected chi connectivity index (χ1v) is 7.95. The third kappa shape index (κ3) is 3.27. The minimum atomic E-state index is 0.218. The van der Waals surface area contributed by atoms with E-state index in [0.717, 1.165) is 33.3 Å². The van der Waals surface area contributed by atoms with Gasteiger partial charge < -0.3 is 4.74 Å². The molecular weight excluding hydrogens is 318 g/mol. The Balaban J connectivity index is 2.11. The van der Waals surface area contributed by atoms with Gasteiger partial charge in [-0.05, 0) is 41.5 Å². The number of aliphatic imine (C=N–C) groups is 1. The summed E-state index contributed by atoms with van der Waals surface area (Å²) in [5.74, 6) is 3.22. The minimum Gasteiger partial charge on any atom is -0.480 e. The molecule has 0 saturated heterocycles. The fourth-order valence-corrected chi connectivity index (χ4v) is 2.69. The van der Waals surface area contributed by atoms with Crippen molar-refractivity contribution < 1.29 is 4.74 Å². The lowest BCUT2D eigenvalue weighted by atomic mass is 10.0. The van der Waals surface area contributed by atoms with Gasteiger partial charge in [0.15, 0.2) is 0 Å².